The van der Waals surface area contributed by atoms with Crippen molar-refractivity contribution in [2.45, 2.75) is 28.5 Å². The highest BCUT2D eigenvalue weighted by Gasteiger charge is 2.46. The van der Waals surface area contributed by atoms with Gasteiger partial charge in [-0.15, -0.1) is 10.2 Å². The van der Waals surface area contributed by atoms with Crippen molar-refractivity contribution in [3.8, 4) is 0 Å². The molecule has 0 spiro atoms. The van der Waals surface area contributed by atoms with E-state index in [1.807, 2.05) is 18.2 Å². The van der Waals surface area contributed by atoms with E-state index in [9.17, 15) is 4.79 Å². The van der Waals surface area contributed by atoms with Crippen LogP contribution in [0.3, 0.4) is 0 Å². The van der Waals surface area contributed by atoms with Gasteiger partial charge in [0.15, 0.2) is 4.34 Å². The largest absolute Gasteiger partial charge is 0.317 e. The summed E-state index contributed by atoms with van der Waals surface area (Å²) < 4.78 is 0.839. The van der Waals surface area contributed by atoms with E-state index < -0.39 is 5.54 Å². The van der Waals surface area contributed by atoms with E-state index in [1.54, 1.807) is 11.8 Å². The maximum atomic E-state index is 11.8. The van der Waals surface area contributed by atoms with Crippen LogP contribution in [-0.4, -0.2) is 21.6 Å². The molecule has 0 bridgehead atoms. The molecule has 1 aliphatic carbocycles. The number of aromatic nitrogens is 2. The van der Waals surface area contributed by atoms with E-state index in [0.29, 0.717) is 5.13 Å². The van der Waals surface area contributed by atoms with Gasteiger partial charge in [0.05, 0.1) is 5.54 Å². The molecule has 1 saturated carbocycles. The first kappa shape index (κ1) is 13.5. The second-order valence-corrected chi connectivity index (χ2v) is 6.96. The number of thioether (sulfide) groups is 1. The summed E-state index contributed by atoms with van der Waals surface area (Å²) in [5.74, 6) is 0.679. The highest BCUT2D eigenvalue weighted by Crippen LogP contribution is 2.34. The van der Waals surface area contributed by atoms with Crippen LogP contribution in [-0.2, 0) is 10.5 Å². The number of hydrogen-bond donors (Lipinski definition) is 2. The summed E-state index contributed by atoms with van der Waals surface area (Å²) in [6, 6.07) is 10.2. The van der Waals surface area contributed by atoms with Crippen LogP contribution in [0.4, 0.5) is 5.13 Å². The number of carbonyl (C=O) groups is 1. The first-order valence-corrected chi connectivity index (χ1v) is 8.06. The van der Waals surface area contributed by atoms with Crippen LogP contribution in [0.25, 0.3) is 0 Å². The predicted octanol–water partition coefficient (Wildman–Crippen LogP) is 2.26. The number of nitrogens with one attached hydrogen (secondary N) is 1. The molecule has 0 aliphatic heterocycles. The minimum Gasteiger partial charge on any atom is -0.317 e. The molecule has 20 heavy (non-hydrogen) atoms. The highest BCUT2D eigenvalue weighted by atomic mass is 32.2. The van der Waals surface area contributed by atoms with Crippen molar-refractivity contribution in [3.63, 3.8) is 0 Å². The van der Waals surface area contributed by atoms with E-state index in [1.165, 1.54) is 16.9 Å². The van der Waals surface area contributed by atoms with Gasteiger partial charge in [-0.3, -0.25) is 10.1 Å². The topological polar surface area (TPSA) is 80.9 Å². The van der Waals surface area contributed by atoms with Crippen LogP contribution in [0, 0.1) is 0 Å². The molecule has 2 aromatic rings. The zero-order valence-electron chi connectivity index (χ0n) is 10.7. The summed E-state index contributed by atoms with van der Waals surface area (Å²) in [6.07, 6.45) is 1.49. The van der Waals surface area contributed by atoms with Crippen molar-refractivity contribution in [1.82, 2.24) is 10.2 Å². The highest BCUT2D eigenvalue weighted by molar-refractivity contribution is 8.00. The third kappa shape index (κ3) is 3.17. The third-order valence-electron chi connectivity index (χ3n) is 3.07. The summed E-state index contributed by atoms with van der Waals surface area (Å²) in [7, 11) is 0. The fourth-order valence-corrected chi connectivity index (χ4v) is 3.32. The normalized spacial score (nSPS) is 15.8. The quantitative estimate of drug-likeness (QED) is 0.654. The van der Waals surface area contributed by atoms with Crippen molar-refractivity contribution in [1.29, 1.82) is 0 Å². The molecule has 0 radical (unpaired) electrons. The first-order chi connectivity index (χ1) is 9.66. The van der Waals surface area contributed by atoms with Crippen LogP contribution in [0.2, 0.25) is 0 Å². The predicted molar refractivity (Wildman–Crippen MR) is 80.7 cm³/mol. The molecule has 0 atom stereocenters. The maximum Gasteiger partial charge on any atom is 0.246 e. The molecule has 104 valence electrons. The van der Waals surface area contributed by atoms with Gasteiger partial charge >= 0.3 is 0 Å². The van der Waals surface area contributed by atoms with Gasteiger partial charge in [-0.1, -0.05) is 53.4 Å². The van der Waals surface area contributed by atoms with Gasteiger partial charge in [-0.05, 0) is 18.4 Å². The van der Waals surface area contributed by atoms with Crippen molar-refractivity contribution in [2.75, 3.05) is 5.32 Å². The Hall–Kier alpha value is -1.44. The molecular formula is C13H14N4OS2. The SMILES string of the molecule is NC1(C(=O)Nc2nnc(SCc3ccccc3)s2)CC1. The minimum atomic E-state index is -0.678. The average Bonchev–Trinajstić information content (AvgIpc) is 3.06. The zero-order valence-corrected chi connectivity index (χ0v) is 12.3. The fraction of sp³-hybridized carbons (Fsp3) is 0.308. The molecule has 0 saturated heterocycles. The monoisotopic (exact) mass is 306 g/mol. The van der Waals surface area contributed by atoms with Gasteiger partial charge in [0.2, 0.25) is 11.0 Å². The molecule has 3 N–H and O–H groups in total. The lowest BCUT2D eigenvalue weighted by Crippen LogP contribution is -2.37. The lowest BCUT2D eigenvalue weighted by Gasteiger charge is -2.05. The second-order valence-electron chi connectivity index (χ2n) is 4.76. The minimum absolute atomic E-state index is 0.159. The Morgan fingerprint density at radius 3 is 2.80 bits per heavy atom. The van der Waals surface area contributed by atoms with E-state index >= 15 is 0 Å². The number of nitrogens with two attached hydrogens (primary N) is 1. The summed E-state index contributed by atoms with van der Waals surface area (Å²) in [4.78, 5) is 11.8. The summed E-state index contributed by atoms with van der Waals surface area (Å²) in [5.41, 5.74) is 6.37. The zero-order chi connectivity index (χ0) is 14.0. The molecule has 1 heterocycles. The molecule has 0 unspecified atom stereocenters. The van der Waals surface area contributed by atoms with Crippen LogP contribution in [0.15, 0.2) is 34.7 Å². The van der Waals surface area contributed by atoms with Gasteiger partial charge < -0.3 is 5.73 Å². The first-order valence-electron chi connectivity index (χ1n) is 6.26. The Morgan fingerprint density at radius 2 is 2.10 bits per heavy atom. The molecule has 1 fully saturated rings. The molecule has 7 heteroatoms. The van der Waals surface area contributed by atoms with E-state index in [4.69, 9.17) is 5.73 Å². The lowest BCUT2D eigenvalue weighted by molar-refractivity contribution is -0.118. The molecule has 3 rings (SSSR count). The third-order valence-corrected chi connectivity index (χ3v) is 5.12. The maximum absolute atomic E-state index is 11.8. The Labute approximate surface area is 125 Å². The van der Waals surface area contributed by atoms with E-state index in [0.717, 1.165) is 22.9 Å². The summed E-state index contributed by atoms with van der Waals surface area (Å²) in [6.45, 7) is 0. The molecule has 5 nitrogen and oxygen atoms in total. The summed E-state index contributed by atoms with van der Waals surface area (Å²) in [5, 5.41) is 11.3. The molecule has 1 aliphatic rings. The number of carbonyl (C=O) groups excluding carboxylic acids is 1. The number of anilines is 1. The van der Waals surface area contributed by atoms with Gasteiger partial charge in [0.25, 0.3) is 0 Å². The van der Waals surface area contributed by atoms with Crippen LogP contribution in [0.1, 0.15) is 18.4 Å². The van der Waals surface area contributed by atoms with Crippen molar-refractivity contribution < 1.29 is 4.79 Å². The Balaban J connectivity index is 1.55. The number of amides is 1. The standard InChI is InChI=1S/C13H14N4OS2/c14-13(6-7-13)10(18)15-11-16-17-12(20-11)19-8-9-4-2-1-3-5-9/h1-5H,6-8,14H2,(H,15,16,18). The van der Waals surface area contributed by atoms with E-state index in [2.05, 4.69) is 27.6 Å². The molecule has 1 aromatic heterocycles. The number of benzene rings is 1. The number of hydrogen-bond acceptors (Lipinski definition) is 6. The van der Waals surface area contributed by atoms with E-state index in [-0.39, 0.29) is 5.91 Å². The van der Waals surface area contributed by atoms with Crippen LogP contribution < -0.4 is 11.1 Å². The lowest BCUT2D eigenvalue weighted by atomic mass is 10.2. The smallest absolute Gasteiger partial charge is 0.246 e. The Bertz CT molecular complexity index is 610. The fourth-order valence-electron chi connectivity index (χ4n) is 1.62. The van der Waals surface area contributed by atoms with Gasteiger partial charge in [0.1, 0.15) is 0 Å². The molecule has 1 amide bonds. The van der Waals surface area contributed by atoms with Crippen molar-refractivity contribution in [3.05, 3.63) is 35.9 Å². The average molecular weight is 306 g/mol. The van der Waals surface area contributed by atoms with Crippen molar-refractivity contribution >= 4 is 34.1 Å². The number of rotatable bonds is 5. The Morgan fingerprint density at radius 1 is 1.35 bits per heavy atom. The molecule has 1 aromatic carbocycles. The van der Waals surface area contributed by atoms with Crippen molar-refractivity contribution in [2.24, 2.45) is 5.73 Å². The van der Waals surface area contributed by atoms with Crippen LogP contribution >= 0.6 is 23.1 Å². The summed E-state index contributed by atoms with van der Waals surface area (Å²) >= 11 is 2.98. The molecular weight excluding hydrogens is 292 g/mol. The number of nitrogens with zero attached hydrogens (tertiary/aromatic N) is 2. The van der Waals surface area contributed by atoms with Crippen LogP contribution in [0.5, 0.6) is 0 Å². The van der Waals surface area contributed by atoms with Gasteiger partial charge in [0, 0.05) is 5.75 Å². The van der Waals surface area contributed by atoms with Gasteiger partial charge in [-0.25, -0.2) is 0 Å². The van der Waals surface area contributed by atoms with Gasteiger partial charge in [-0.2, -0.15) is 0 Å². The second kappa shape index (κ2) is 5.51. The Kier molecular flexibility index (Phi) is 3.73.